The van der Waals surface area contributed by atoms with Crippen molar-refractivity contribution < 1.29 is 18.8 Å². The van der Waals surface area contributed by atoms with Gasteiger partial charge in [-0.1, -0.05) is 41.1 Å². The zero-order chi connectivity index (χ0) is 21.5. The van der Waals surface area contributed by atoms with E-state index < -0.39 is 0 Å². The Labute approximate surface area is 175 Å². The third-order valence-electron chi connectivity index (χ3n) is 4.61. The molecule has 0 aliphatic carbocycles. The van der Waals surface area contributed by atoms with Crippen LogP contribution in [-0.2, 0) is 17.8 Å². The van der Waals surface area contributed by atoms with E-state index in [1.165, 1.54) is 0 Å². The molecule has 0 bridgehead atoms. The second kappa shape index (κ2) is 9.73. The first kappa shape index (κ1) is 21.1. The Morgan fingerprint density at radius 3 is 2.53 bits per heavy atom. The minimum Gasteiger partial charge on any atom is -0.493 e. The molecule has 0 N–H and O–H groups in total. The number of aryl methyl sites for hydroxylation is 1. The third kappa shape index (κ3) is 5.05. The van der Waals surface area contributed by atoms with E-state index in [2.05, 4.69) is 16.7 Å². The van der Waals surface area contributed by atoms with Crippen LogP contribution in [0.5, 0.6) is 11.5 Å². The number of hydrogen-bond donors (Lipinski definition) is 0. The normalized spacial score (nSPS) is 10.5. The summed E-state index contributed by atoms with van der Waals surface area (Å²) in [5, 5.41) is 4.04. The van der Waals surface area contributed by atoms with Crippen molar-refractivity contribution >= 4 is 5.91 Å². The molecule has 0 atom stereocenters. The zero-order valence-corrected chi connectivity index (χ0v) is 17.4. The van der Waals surface area contributed by atoms with Crippen molar-refractivity contribution in [3.8, 4) is 22.9 Å². The largest absolute Gasteiger partial charge is 0.493 e. The van der Waals surface area contributed by atoms with Crippen molar-refractivity contribution in [3.05, 3.63) is 72.1 Å². The van der Waals surface area contributed by atoms with Gasteiger partial charge in [-0.2, -0.15) is 4.98 Å². The Balaban J connectivity index is 1.73. The fourth-order valence-electron chi connectivity index (χ4n) is 2.98. The molecule has 3 rings (SSSR count). The van der Waals surface area contributed by atoms with Crippen LogP contribution in [0.4, 0.5) is 0 Å². The number of hydrogen-bond acceptors (Lipinski definition) is 6. The molecule has 0 radical (unpaired) electrons. The summed E-state index contributed by atoms with van der Waals surface area (Å²) >= 11 is 0. The molecule has 0 saturated carbocycles. The summed E-state index contributed by atoms with van der Waals surface area (Å²) in [6.07, 6.45) is 1.98. The monoisotopic (exact) mass is 407 g/mol. The van der Waals surface area contributed by atoms with Crippen LogP contribution < -0.4 is 9.47 Å². The van der Waals surface area contributed by atoms with Gasteiger partial charge in [0.25, 0.3) is 0 Å². The molecule has 7 nitrogen and oxygen atoms in total. The highest BCUT2D eigenvalue weighted by Crippen LogP contribution is 2.31. The van der Waals surface area contributed by atoms with Crippen LogP contribution in [0.2, 0.25) is 0 Å². The van der Waals surface area contributed by atoms with Crippen LogP contribution in [0.1, 0.15) is 17.0 Å². The smallest absolute Gasteiger partial charge is 0.246 e. The van der Waals surface area contributed by atoms with Gasteiger partial charge in [0.15, 0.2) is 11.5 Å². The molecule has 2 aromatic carbocycles. The summed E-state index contributed by atoms with van der Waals surface area (Å²) in [6, 6.07) is 13.3. The summed E-state index contributed by atoms with van der Waals surface area (Å²) in [7, 11) is 3.14. The van der Waals surface area contributed by atoms with E-state index in [-0.39, 0.29) is 12.5 Å². The Kier molecular flexibility index (Phi) is 6.85. The minimum atomic E-state index is -0.0374. The van der Waals surface area contributed by atoms with E-state index in [0.717, 1.165) is 16.7 Å². The van der Waals surface area contributed by atoms with Gasteiger partial charge in [-0.3, -0.25) is 4.79 Å². The maximum absolute atomic E-state index is 12.8. The second-order valence-electron chi connectivity index (χ2n) is 6.81. The first-order valence-corrected chi connectivity index (χ1v) is 9.53. The zero-order valence-electron chi connectivity index (χ0n) is 17.4. The van der Waals surface area contributed by atoms with Crippen LogP contribution in [0.3, 0.4) is 0 Å². The lowest BCUT2D eigenvalue weighted by Gasteiger charge is -2.19. The number of aromatic nitrogens is 2. The summed E-state index contributed by atoms with van der Waals surface area (Å²) in [5.41, 5.74) is 2.84. The molecular weight excluding hydrogens is 382 g/mol. The van der Waals surface area contributed by atoms with Gasteiger partial charge in [0, 0.05) is 12.1 Å². The van der Waals surface area contributed by atoms with Crippen molar-refractivity contribution in [2.24, 2.45) is 0 Å². The van der Waals surface area contributed by atoms with Crippen molar-refractivity contribution in [1.82, 2.24) is 15.0 Å². The van der Waals surface area contributed by atoms with Gasteiger partial charge in [0.2, 0.25) is 17.6 Å². The number of carbonyl (C=O) groups excluding carboxylic acids is 1. The first-order valence-electron chi connectivity index (χ1n) is 9.53. The van der Waals surface area contributed by atoms with Crippen molar-refractivity contribution in [2.45, 2.75) is 19.9 Å². The van der Waals surface area contributed by atoms with Gasteiger partial charge in [-0.05, 0) is 30.7 Å². The van der Waals surface area contributed by atoms with Crippen LogP contribution in [0.25, 0.3) is 11.4 Å². The Hall–Kier alpha value is -3.61. The van der Waals surface area contributed by atoms with Crippen molar-refractivity contribution in [2.75, 3.05) is 20.8 Å². The van der Waals surface area contributed by atoms with Gasteiger partial charge < -0.3 is 18.9 Å². The number of methoxy groups -OCH3 is 2. The maximum Gasteiger partial charge on any atom is 0.246 e. The standard InChI is InChI=1S/C23H25N3O4/c1-5-12-26(22(27)13-17-8-6-16(2)7-9-17)15-21-24-23(25-30-21)18-10-11-19(28-3)20(14-18)29-4/h5-11,14H,1,12-13,15H2,2-4H3. The van der Waals surface area contributed by atoms with Crippen molar-refractivity contribution in [1.29, 1.82) is 0 Å². The average Bonchev–Trinajstić information content (AvgIpc) is 3.23. The molecule has 1 aromatic heterocycles. The number of ether oxygens (including phenoxy) is 2. The first-order chi connectivity index (χ1) is 14.5. The molecule has 1 amide bonds. The van der Waals surface area contributed by atoms with Gasteiger partial charge in [0.05, 0.1) is 20.6 Å². The van der Waals surface area contributed by atoms with Crippen LogP contribution in [-0.4, -0.2) is 41.7 Å². The average molecular weight is 407 g/mol. The Bertz CT molecular complexity index is 1010. The molecule has 0 unspecified atom stereocenters. The number of amides is 1. The van der Waals surface area contributed by atoms with Crippen LogP contribution in [0, 0.1) is 6.92 Å². The van der Waals surface area contributed by atoms with Gasteiger partial charge in [-0.25, -0.2) is 0 Å². The lowest BCUT2D eigenvalue weighted by atomic mass is 10.1. The molecule has 3 aromatic rings. The summed E-state index contributed by atoms with van der Waals surface area (Å²) in [5.74, 6) is 1.91. The van der Waals surface area contributed by atoms with E-state index in [1.54, 1.807) is 37.3 Å². The highest BCUT2D eigenvalue weighted by molar-refractivity contribution is 5.78. The summed E-state index contributed by atoms with van der Waals surface area (Å²) in [6.45, 7) is 6.35. The van der Waals surface area contributed by atoms with E-state index >= 15 is 0 Å². The fraction of sp³-hybridized carbons (Fsp3) is 0.261. The Morgan fingerprint density at radius 2 is 1.87 bits per heavy atom. The predicted octanol–water partition coefficient (Wildman–Crippen LogP) is 3.82. The molecule has 156 valence electrons. The van der Waals surface area contributed by atoms with E-state index in [0.29, 0.717) is 36.2 Å². The summed E-state index contributed by atoms with van der Waals surface area (Å²) in [4.78, 5) is 18.9. The molecule has 0 aliphatic heterocycles. The fourth-order valence-corrected chi connectivity index (χ4v) is 2.98. The molecule has 1 heterocycles. The van der Waals surface area contributed by atoms with Crippen LogP contribution >= 0.6 is 0 Å². The quantitative estimate of drug-likeness (QED) is 0.502. The molecule has 0 saturated heterocycles. The molecule has 30 heavy (non-hydrogen) atoms. The minimum absolute atomic E-state index is 0.0374. The van der Waals surface area contributed by atoms with E-state index in [9.17, 15) is 4.79 Å². The maximum atomic E-state index is 12.8. The van der Waals surface area contributed by atoms with Gasteiger partial charge >= 0.3 is 0 Å². The van der Waals surface area contributed by atoms with Crippen molar-refractivity contribution in [3.63, 3.8) is 0 Å². The van der Waals surface area contributed by atoms with E-state index in [1.807, 2.05) is 37.3 Å². The highest BCUT2D eigenvalue weighted by Gasteiger charge is 2.18. The topological polar surface area (TPSA) is 77.7 Å². The Morgan fingerprint density at radius 1 is 1.13 bits per heavy atom. The highest BCUT2D eigenvalue weighted by atomic mass is 16.5. The second-order valence-corrected chi connectivity index (χ2v) is 6.81. The van der Waals surface area contributed by atoms with Crippen LogP contribution in [0.15, 0.2) is 59.6 Å². The molecule has 0 spiro atoms. The van der Waals surface area contributed by atoms with Gasteiger partial charge in [0.1, 0.15) is 6.54 Å². The van der Waals surface area contributed by atoms with Gasteiger partial charge in [-0.15, -0.1) is 6.58 Å². The lowest BCUT2D eigenvalue weighted by Crippen LogP contribution is -2.32. The third-order valence-corrected chi connectivity index (χ3v) is 4.61. The molecule has 0 fully saturated rings. The van der Waals surface area contributed by atoms with E-state index in [4.69, 9.17) is 14.0 Å². The summed E-state index contributed by atoms with van der Waals surface area (Å²) < 4.78 is 16.0. The molecule has 0 aliphatic rings. The molecule has 7 heteroatoms. The lowest BCUT2D eigenvalue weighted by molar-refractivity contribution is -0.130. The molecular formula is C23H25N3O4. The number of rotatable bonds is 9. The predicted molar refractivity (Wildman–Crippen MR) is 113 cm³/mol. The number of benzene rings is 2. The number of carbonyl (C=O) groups is 1. The number of nitrogens with zero attached hydrogens (tertiary/aromatic N) is 3. The SMILES string of the molecule is C=CCN(Cc1nc(-c2ccc(OC)c(OC)c2)no1)C(=O)Cc1ccc(C)cc1.